The van der Waals surface area contributed by atoms with Crippen molar-refractivity contribution < 1.29 is 43.0 Å². The van der Waals surface area contributed by atoms with E-state index in [1.807, 2.05) is 30.3 Å². The Labute approximate surface area is 360 Å². The van der Waals surface area contributed by atoms with E-state index in [9.17, 15) is 33.6 Å². The Morgan fingerprint density at radius 3 is 2.15 bits per heavy atom. The number of fused-ring (bicyclic) bond motifs is 1. The van der Waals surface area contributed by atoms with E-state index in [0.29, 0.717) is 45.2 Å². The summed E-state index contributed by atoms with van der Waals surface area (Å²) < 4.78 is 11.1. The molecule has 0 aromatic heterocycles. The maximum Gasteiger partial charge on any atom is 0.410 e. The summed E-state index contributed by atoms with van der Waals surface area (Å²) >= 11 is 0. The summed E-state index contributed by atoms with van der Waals surface area (Å²) in [6.45, 7) is 17.7. The van der Waals surface area contributed by atoms with Crippen molar-refractivity contribution in [1.82, 2.24) is 31.1 Å². The van der Waals surface area contributed by atoms with E-state index in [0.717, 1.165) is 24.8 Å². The molecule has 2 heterocycles. The van der Waals surface area contributed by atoms with Crippen LogP contribution in [0.1, 0.15) is 98.0 Å². The van der Waals surface area contributed by atoms with E-state index in [4.69, 9.17) is 9.47 Å². The van der Waals surface area contributed by atoms with Crippen LogP contribution in [0.2, 0.25) is 0 Å². The molecule has 6 atom stereocenters. The van der Waals surface area contributed by atoms with Gasteiger partial charge in [-0.3, -0.25) is 24.0 Å². The number of rotatable bonds is 17. The maximum atomic E-state index is 15.0. The third-order valence-corrected chi connectivity index (χ3v) is 12.8. The van der Waals surface area contributed by atoms with Gasteiger partial charge < -0.3 is 40.5 Å². The molecule has 334 valence electrons. The molecule has 61 heavy (non-hydrogen) atoms. The number of hydrogen-bond acceptors (Lipinski definition) is 9. The SMILES string of the molecule is C=CCCC(NC(=O)[C@@H]1[C@@H]2[C@H](CN1C(=O)[C@@H](NC(=O)[C@@H](NC(=O)OC(C)(C)C)C1CCN(C(=O)OCc3ccccc3)CC1)C1CCCCC1)C2(C)C)C(=O)C(=O)NCC=C. The van der Waals surface area contributed by atoms with Crippen molar-refractivity contribution >= 4 is 41.6 Å². The van der Waals surface area contributed by atoms with Gasteiger partial charge in [0.15, 0.2) is 0 Å². The highest BCUT2D eigenvalue weighted by Crippen LogP contribution is 2.65. The van der Waals surface area contributed by atoms with Gasteiger partial charge in [-0.1, -0.05) is 75.6 Å². The average Bonchev–Trinajstić information content (AvgIpc) is 3.52. The zero-order valence-corrected chi connectivity index (χ0v) is 36.5. The quantitative estimate of drug-likeness (QED) is 0.126. The molecule has 1 unspecified atom stereocenters. The minimum Gasteiger partial charge on any atom is -0.445 e. The number of nitrogens with one attached hydrogen (secondary N) is 4. The highest BCUT2D eigenvalue weighted by molar-refractivity contribution is 6.38. The molecule has 1 aromatic rings. The van der Waals surface area contributed by atoms with Gasteiger partial charge in [-0.2, -0.15) is 0 Å². The number of likely N-dealkylation sites (tertiary alicyclic amines) is 2. The largest absolute Gasteiger partial charge is 0.445 e. The molecule has 0 spiro atoms. The van der Waals surface area contributed by atoms with Crippen LogP contribution in [0.5, 0.6) is 0 Å². The van der Waals surface area contributed by atoms with Crippen molar-refractivity contribution in [3.05, 3.63) is 61.2 Å². The minimum atomic E-state index is -1.14. The minimum absolute atomic E-state index is 0.0132. The van der Waals surface area contributed by atoms with Gasteiger partial charge in [-0.05, 0) is 93.9 Å². The molecule has 2 saturated heterocycles. The van der Waals surface area contributed by atoms with E-state index < -0.39 is 77.3 Å². The zero-order valence-electron chi connectivity index (χ0n) is 36.5. The number of piperidine rings is 2. The third-order valence-electron chi connectivity index (χ3n) is 12.8. The summed E-state index contributed by atoms with van der Waals surface area (Å²) in [6.07, 6.45) is 7.17. The van der Waals surface area contributed by atoms with Gasteiger partial charge in [0.25, 0.3) is 5.91 Å². The molecule has 0 bridgehead atoms. The summed E-state index contributed by atoms with van der Waals surface area (Å²) in [5.74, 6) is -3.93. The second-order valence-electron chi connectivity index (χ2n) is 18.6. The third kappa shape index (κ3) is 12.0. The molecular formula is C46H66N6O9. The Kier molecular flexibility index (Phi) is 15.8. The lowest BCUT2D eigenvalue weighted by Gasteiger charge is -2.39. The number of hydrogen-bond donors (Lipinski definition) is 4. The topological polar surface area (TPSA) is 193 Å². The normalized spacial score (nSPS) is 22.6. The van der Waals surface area contributed by atoms with Gasteiger partial charge in [-0.25, -0.2) is 9.59 Å². The fourth-order valence-electron chi connectivity index (χ4n) is 9.36. The number of carbonyl (C=O) groups excluding carboxylic acids is 7. The predicted molar refractivity (Wildman–Crippen MR) is 228 cm³/mol. The molecule has 0 radical (unpaired) electrons. The number of ether oxygens (including phenoxy) is 2. The molecule has 6 amide bonds. The molecule has 2 saturated carbocycles. The molecule has 15 nitrogen and oxygen atoms in total. The number of ketones is 1. The molecule has 1 aromatic carbocycles. The Morgan fingerprint density at radius 1 is 0.869 bits per heavy atom. The lowest BCUT2D eigenvalue weighted by atomic mass is 9.82. The van der Waals surface area contributed by atoms with Crippen LogP contribution in [0.4, 0.5) is 9.59 Å². The molecular weight excluding hydrogens is 781 g/mol. The molecule has 2 aliphatic heterocycles. The number of Topliss-reactive ketones (excluding diaryl/α,β-unsaturated/α-hetero) is 1. The van der Waals surface area contributed by atoms with Gasteiger partial charge in [0.2, 0.25) is 23.5 Å². The van der Waals surface area contributed by atoms with Crippen LogP contribution in [0.15, 0.2) is 55.6 Å². The van der Waals surface area contributed by atoms with Gasteiger partial charge in [0.1, 0.15) is 30.3 Å². The molecule has 2 aliphatic carbocycles. The number of benzene rings is 1. The standard InChI is InChI=1S/C46H66N6O9/c1-8-10-21-33(38(53)41(56)47-24-9-2)48-40(55)37-34-32(46(34,6)7)27-52(37)42(57)36(30-19-15-12-16-20-30)49-39(54)35(50-43(58)61-45(3,4)5)31-22-25-51(26-23-31)44(59)60-28-29-17-13-11-14-18-29/h8-9,11,13-14,17-18,30-37H,1-2,10,12,15-16,19-28H2,3-7H3,(H,47,56)(H,48,55)(H,49,54)(H,50,58)/t32-,33?,34-,35-,36-,37-/m0/s1. The van der Waals surface area contributed by atoms with Crippen LogP contribution in [-0.4, -0.2) is 107 Å². The van der Waals surface area contributed by atoms with E-state index >= 15 is 0 Å². The first kappa shape index (κ1) is 46.8. The number of carbonyl (C=O) groups is 7. The van der Waals surface area contributed by atoms with E-state index in [2.05, 4.69) is 48.3 Å². The van der Waals surface area contributed by atoms with Crippen LogP contribution < -0.4 is 21.3 Å². The summed E-state index contributed by atoms with van der Waals surface area (Å²) in [5, 5.41) is 11.2. The van der Waals surface area contributed by atoms with Crippen molar-refractivity contribution in [2.45, 2.75) is 129 Å². The average molecular weight is 847 g/mol. The first-order valence-electron chi connectivity index (χ1n) is 21.9. The Balaban J connectivity index is 1.36. The number of allylic oxidation sites excluding steroid dienone is 1. The van der Waals surface area contributed by atoms with E-state index in [1.54, 1.807) is 36.6 Å². The number of amides is 6. The smallest absolute Gasteiger partial charge is 0.410 e. The first-order chi connectivity index (χ1) is 29.0. The number of nitrogens with zero attached hydrogens (tertiary/aromatic N) is 2. The fraction of sp³-hybridized carbons (Fsp3) is 0.630. The van der Waals surface area contributed by atoms with Gasteiger partial charge >= 0.3 is 12.2 Å². The molecule has 4 N–H and O–H groups in total. The van der Waals surface area contributed by atoms with Crippen LogP contribution in [0, 0.1) is 29.1 Å². The molecule has 15 heteroatoms. The van der Waals surface area contributed by atoms with E-state index in [-0.39, 0.29) is 49.3 Å². The summed E-state index contributed by atoms with van der Waals surface area (Å²) in [4.78, 5) is 99.3. The van der Waals surface area contributed by atoms with Gasteiger partial charge in [0.05, 0.1) is 6.04 Å². The summed E-state index contributed by atoms with van der Waals surface area (Å²) in [7, 11) is 0. The zero-order chi connectivity index (χ0) is 44.5. The fourth-order valence-corrected chi connectivity index (χ4v) is 9.36. The van der Waals surface area contributed by atoms with Crippen molar-refractivity contribution in [1.29, 1.82) is 0 Å². The second-order valence-corrected chi connectivity index (χ2v) is 18.6. The Morgan fingerprint density at radius 2 is 1.52 bits per heavy atom. The van der Waals surface area contributed by atoms with Crippen molar-refractivity contribution in [3.63, 3.8) is 0 Å². The predicted octanol–water partition coefficient (Wildman–Crippen LogP) is 4.80. The Hall–Kier alpha value is -5.21. The molecule has 4 aliphatic rings. The number of alkyl carbamates (subject to hydrolysis) is 1. The highest BCUT2D eigenvalue weighted by atomic mass is 16.6. The van der Waals surface area contributed by atoms with Gasteiger partial charge in [-0.15, -0.1) is 13.2 Å². The summed E-state index contributed by atoms with van der Waals surface area (Å²) in [6, 6.07) is 5.20. The van der Waals surface area contributed by atoms with Crippen molar-refractivity contribution in [2.24, 2.45) is 29.1 Å². The monoisotopic (exact) mass is 846 g/mol. The van der Waals surface area contributed by atoms with Crippen LogP contribution in [0.25, 0.3) is 0 Å². The van der Waals surface area contributed by atoms with Crippen LogP contribution in [-0.2, 0) is 40.1 Å². The van der Waals surface area contributed by atoms with Crippen LogP contribution >= 0.6 is 0 Å². The van der Waals surface area contributed by atoms with Crippen molar-refractivity contribution in [2.75, 3.05) is 26.2 Å². The lowest BCUT2D eigenvalue weighted by Crippen LogP contribution is -2.62. The van der Waals surface area contributed by atoms with Crippen molar-refractivity contribution in [3.8, 4) is 0 Å². The second kappa shape index (κ2) is 20.6. The highest BCUT2D eigenvalue weighted by Gasteiger charge is 2.70. The van der Waals surface area contributed by atoms with Gasteiger partial charge in [0, 0.05) is 26.2 Å². The van der Waals surface area contributed by atoms with Crippen LogP contribution in [0.3, 0.4) is 0 Å². The maximum absolute atomic E-state index is 15.0. The molecule has 4 fully saturated rings. The lowest BCUT2D eigenvalue weighted by molar-refractivity contribution is -0.146. The Bertz CT molecular complexity index is 1780. The summed E-state index contributed by atoms with van der Waals surface area (Å²) in [5.41, 5.74) is -0.239. The molecule has 5 rings (SSSR count). The van der Waals surface area contributed by atoms with E-state index in [1.165, 1.54) is 6.08 Å². The first-order valence-corrected chi connectivity index (χ1v) is 21.9.